The first kappa shape index (κ1) is 22.8. The van der Waals surface area contributed by atoms with Gasteiger partial charge in [-0.3, -0.25) is 0 Å². The molecule has 1 aliphatic rings. The molecule has 0 saturated carbocycles. The molecule has 3 rings (SSSR count). The molecule has 0 aliphatic carbocycles. The number of rotatable bonds is 5. The molecule has 1 aliphatic heterocycles. The van der Waals surface area contributed by atoms with Gasteiger partial charge >= 0.3 is 6.18 Å². The van der Waals surface area contributed by atoms with E-state index in [0.717, 1.165) is 11.8 Å². The van der Waals surface area contributed by atoms with Crippen LogP contribution in [0.3, 0.4) is 0 Å². The summed E-state index contributed by atoms with van der Waals surface area (Å²) in [6, 6.07) is 6.47. The van der Waals surface area contributed by atoms with E-state index < -0.39 is 12.0 Å². The van der Waals surface area contributed by atoms with Crippen LogP contribution in [0.4, 0.5) is 13.2 Å². The number of halogens is 5. The third-order valence-corrected chi connectivity index (χ3v) is 5.16. The first-order valence-corrected chi connectivity index (χ1v) is 10.00. The maximum Gasteiger partial charge on any atom is 0.451 e. The van der Waals surface area contributed by atoms with Crippen LogP contribution < -0.4 is 10.1 Å². The quantitative estimate of drug-likeness (QED) is 0.649. The average Bonchev–Trinajstić information content (AvgIpc) is 2.71. The first-order valence-electron chi connectivity index (χ1n) is 8.83. The molecule has 1 N–H and O–H groups in total. The Balaban J connectivity index is 1.50. The van der Waals surface area contributed by atoms with Crippen LogP contribution in [0, 0.1) is 0 Å². The number of nitrogens with zero attached hydrogens (tertiary/aromatic N) is 3. The molecule has 1 unspecified atom stereocenters. The zero-order valence-corrected chi connectivity index (χ0v) is 17.8. The van der Waals surface area contributed by atoms with Gasteiger partial charge in [-0.25, -0.2) is 4.98 Å². The van der Waals surface area contributed by atoms with Gasteiger partial charge < -0.3 is 19.7 Å². The Kier molecular flexibility index (Phi) is 7.56. The van der Waals surface area contributed by atoms with E-state index in [9.17, 15) is 13.2 Å². The molecule has 2 aromatic rings. The lowest BCUT2D eigenvalue weighted by atomic mass is 10.2. The highest BCUT2D eigenvalue weighted by Gasteiger charge is 2.35. The molecule has 1 aromatic heterocycles. The van der Waals surface area contributed by atoms with Crippen molar-refractivity contribution in [3.63, 3.8) is 0 Å². The van der Waals surface area contributed by atoms with Crippen molar-refractivity contribution in [1.29, 1.82) is 0 Å². The lowest BCUT2D eigenvalue weighted by molar-refractivity contribution is -0.145. The number of thiocarbonyl (C=S) groups is 1. The normalized spacial score (nSPS) is 17.0. The van der Waals surface area contributed by atoms with Crippen LogP contribution >= 0.6 is 35.4 Å². The number of ether oxygens (including phenoxy) is 2. The van der Waals surface area contributed by atoms with Crippen molar-refractivity contribution in [3.05, 3.63) is 51.9 Å². The fourth-order valence-electron chi connectivity index (χ4n) is 2.69. The molecule has 0 spiro atoms. The molecule has 162 valence electrons. The van der Waals surface area contributed by atoms with Gasteiger partial charge in [0.05, 0.1) is 6.61 Å². The maximum absolute atomic E-state index is 12.7. The second-order valence-electron chi connectivity index (χ2n) is 6.36. The summed E-state index contributed by atoms with van der Waals surface area (Å²) < 4.78 is 49.1. The number of alkyl halides is 3. The average molecular weight is 481 g/mol. The molecule has 0 bridgehead atoms. The summed E-state index contributed by atoms with van der Waals surface area (Å²) in [5, 5.41) is 4.73. The fraction of sp³-hybridized carbons (Fsp3) is 0.389. The van der Waals surface area contributed by atoms with E-state index in [-0.39, 0.29) is 18.6 Å². The third-order valence-electron chi connectivity index (χ3n) is 4.17. The standard InChI is InChI=1S/C18H17Cl2F3N4O2S/c19-12-2-1-11(14(20)7-12)8-25-17(30)27-5-6-28-13(9-27)10-29-15-3-4-24-16(26-15)18(21,22)23/h1-4,7,13H,5-6,8-10H2,(H,25,30). The van der Waals surface area contributed by atoms with Crippen LogP contribution in [0.2, 0.25) is 10.0 Å². The molecule has 2 heterocycles. The summed E-state index contributed by atoms with van der Waals surface area (Å²) in [7, 11) is 0. The van der Waals surface area contributed by atoms with Gasteiger partial charge in [-0.1, -0.05) is 29.3 Å². The van der Waals surface area contributed by atoms with E-state index in [1.807, 2.05) is 11.0 Å². The largest absolute Gasteiger partial charge is 0.475 e. The van der Waals surface area contributed by atoms with Crippen molar-refractivity contribution in [2.45, 2.75) is 18.8 Å². The van der Waals surface area contributed by atoms with Crippen molar-refractivity contribution in [2.75, 3.05) is 26.3 Å². The first-order chi connectivity index (χ1) is 14.2. The van der Waals surface area contributed by atoms with Gasteiger partial charge in [0.2, 0.25) is 11.7 Å². The lowest BCUT2D eigenvalue weighted by Gasteiger charge is -2.34. The minimum absolute atomic E-state index is 0.0242. The van der Waals surface area contributed by atoms with Gasteiger partial charge in [-0.15, -0.1) is 0 Å². The molecule has 30 heavy (non-hydrogen) atoms. The Bertz CT molecular complexity index is 904. The number of morpholine rings is 1. The Labute approximate surface area is 186 Å². The Morgan fingerprint density at radius 2 is 2.13 bits per heavy atom. The van der Waals surface area contributed by atoms with E-state index in [0.29, 0.717) is 41.4 Å². The molecule has 1 saturated heterocycles. The van der Waals surface area contributed by atoms with Crippen LogP contribution in [0.25, 0.3) is 0 Å². The van der Waals surface area contributed by atoms with Crippen molar-refractivity contribution >= 4 is 40.5 Å². The highest BCUT2D eigenvalue weighted by molar-refractivity contribution is 7.80. The summed E-state index contributed by atoms with van der Waals surface area (Å²) >= 11 is 17.5. The van der Waals surface area contributed by atoms with Crippen molar-refractivity contribution in [3.8, 4) is 5.88 Å². The topological polar surface area (TPSA) is 59.5 Å². The zero-order chi connectivity index (χ0) is 21.7. The molecule has 6 nitrogen and oxygen atoms in total. The van der Waals surface area contributed by atoms with Gasteiger partial charge in [0.15, 0.2) is 5.11 Å². The maximum atomic E-state index is 12.7. The fourth-order valence-corrected chi connectivity index (χ4v) is 3.40. The van der Waals surface area contributed by atoms with Crippen LogP contribution in [0.5, 0.6) is 5.88 Å². The predicted molar refractivity (Wildman–Crippen MR) is 110 cm³/mol. The molecule has 0 radical (unpaired) electrons. The minimum Gasteiger partial charge on any atom is -0.475 e. The summed E-state index contributed by atoms with van der Waals surface area (Å²) in [5.74, 6) is -1.42. The number of nitrogens with one attached hydrogen (secondary N) is 1. The van der Waals surface area contributed by atoms with E-state index in [2.05, 4.69) is 15.3 Å². The van der Waals surface area contributed by atoms with Gasteiger partial charge in [-0.2, -0.15) is 18.2 Å². The molecule has 1 aromatic carbocycles. The number of aromatic nitrogens is 2. The van der Waals surface area contributed by atoms with Crippen molar-refractivity contribution < 1.29 is 22.6 Å². The Hall–Kier alpha value is -1.88. The number of hydrogen-bond donors (Lipinski definition) is 1. The Morgan fingerprint density at radius 1 is 1.33 bits per heavy atom. The summed E-state index contributed by atoms with van der Waals surface area (Å²) in [5.41, 5.74) is 0.848. The molecule has 12 heteroatoms. The molecule has 1 atom stereocenters. The second-order valence-corrected chi connectivity index (χ2v) is 7.59. The van der Waals surface area contributed by atoms with E-state index in [4.69, 9.17) is 44.9 Å². The van der Waals surface area contributed by atoms with Crippen molar-refractivity contribution in [2.24, 2.45) is 0 Å². The van der Waals surface area contributed by atoms with Crippen LogP contribution in [0.1, 0.15) is 11.4 Å². The Morgan fingerprint density at radius 3 is 2.87 bits per heavy atom. The van der Waals surface area contributed by atoms with Gasteiger partial charge in [-0.05, 0) is 29.9 Å². The summed E-state index contributed by atoms with van der Waals surface area (Å²) in [6.07, 6.45) is -4.02. The van der Waals surface area contributed by atoms with Crippen LogP contribution in [0.15, 0.2) is 30.5 Å². The predicted octanol–water partition coefficient (Wildman–Crippen LogP) is 3.96. The lowest BCUT2D eigenvalue weighted by Crippen LogP contribution is -2.50. The second kappa shape index (κ2) is 9.95. The van der Waals surface area contributed by atoms with E-state index in [1.165, 1.54) is 6.07 Å². The van der Waals surface area contributed by atoms with Gasteiger partial charge in [0.25, 0.3) is 0 Å². The van der Waals surface area contributed by atoms with E-state index >= 15 is 0 Å². The van der Waals surface area contributed by atoms with Crippen LogP contribution in [-0.2, 0) is 17.5 Å². The smallest absolute Gasteiger partial charge is 0.451 e. The van der Waals surface area contributed by atoms with Crippen LogP contribution in [-0.4, -0.2) is 52.4 Å². The minimum atomic E-state index is -4.64. The number of benzene rings is 1. The zero-order valence-electron chi connectivity index (χ0n) is 15.5. The van der Waals surface area contributed by atoms with E-state index in [1.54, 1.807) is 12.1 Å². The number of hydrogen-bond acceptors (Lipinski definition) is 5. The summed E-state index contributed by atoms with van der Waals surface area (Å²) in [4.78, 5) is 8.47. The van der Waals surface area contributed by atoms with Gasteiger partial charge in [0.1, 0.15) is 12.7 Å². The summed E-state index contributed by atoms with van der Waals surface area (Å²) in [6.45, 7) is 1.83. The van der Waals surface area contributed by atoms with Crippen molar-refractivity contribution in [1.82, 2.24) is 20.2 Å². The molecule has 1 fully saturated rings. The monoisotopic (exact) mass is 480 g/mol. The van der Waals surface area contributed by atoms with Gasteiger partial charge in [0, 0.05) is 41.9 Å². The molecular weight excluding hydrogens is 464 g/mol. The molecule has 0 amide bonds. The molecular formula is C18H17Cl2F3N4O2S. The highest BCUT2D eigenvalue weighted by atomic mass is 35.5. The third kappa shape index (κ3) is 6.31. The highest BCUT2D eigenvalue weighted by Crippen LogP contribution is 2.27. The SMILES string of the molecule is FC(F)(F)c1nccc(OCC2CN(C(=S)NCc3ccc(Cl)cc3Cl)CCO2)n1.